The van der Waals surface area contributed by atoms with Gasteiger partial charge in [0.1, 0.15) is 27.6 Å². The molecule has 1 amide bonds. The molecule has 41 heavy (non-hydrogen) atoms. The number of anilines is 1. The number of nitrogens with zero attached hydrogens (tertiary/aromatic N) is 5. The van der Waals surface area contributed by atoms with Crippen LogP contribution >= 0.6 is 24.0 Å². The highest BCUT2D eigenvalue weighted by molar-refractivity contribution is 8.26. The van der Waals surface area contributed by atoms with Crippen molar-refractivity contribution in [3.8, 4) is 6.07 Å². The van der Waals surface area contributed by atoms with Gasteiger partial charge in [-0.3, -0.25) is 24.0 Å². The Morgan fingerprint density at radius 3 is 2.29 bits per heavy atom. The Balaban J connectivity index is 1.47. The van der Waals surface area contributed by atoms with E-state index < -0.39 is 0 Å². The molecule has 0 unspecified atom stereocenters. The average molecular weight is 588 g/mol. The molecule has 10 heteroatoms. The van der Waals surface area contributed by atoms with Gasteiger partial charge in [-0.1, -0.05) is 66.4 Å². The van der Waals surface area contributed by atoms with Crippen LogP contribution in [0.5, 0.6) is 0 Å². The lowest BCUT2D eigenvalue weighted by Crippen LogP contribution is -2.48. The van der Waals surface area contributed by atoms with Gasteiger partial charge in [-0.25, -0.2) is 4.39 Å². The molecule has 3 aromatic rings. The number of rotatable bonds is 7. The fraction of sp³-hybridized carbons (Fsp3) is 0.290. The van der Waals surface area contributed by atoms with E-state index in [1.807, 2.05) is 25.1 Å². The van der Waals surface area contributed by atoms with Crippen molar-refractivity contribution >= 4 is 46.1 Å². The van der Waals surface area contributed by atoms with Gasteiger partial charge in [0.15, 0.2) is 0 Å². The van der Waals surface area contributed by atoms with Crippen molar-refractivity contribution in [2.75, 3.05) is 31.1 Å². The SMILES string of the molecule is CCn1c(N2CCN(Cc3ccccc3)CC2)c(C=C2SC(=S)N(Cc3ccc(F)cc3)C2=O)c(C)c(C#N)c1=O. The molecule has 2 saturated heterocycles. The van der Waals surface area contributed by atoms with Crippen LogP contribution in [-0.2, 0) is 24.4 Å². The van der Waals surface area contributed by atoms with Gasteiger partial charge in [0.2, 0.25) is 0 Å². The minimum absolute atomic E-state index is 0.0753. The van der Waals surface area contributed by atoms with Crippen LogP contribution in [0, 0.1) is 24.1 Å². The molecule has 2 aliphatic rings. The molecule has 0 radical (unpaired) electrons. The number of piperazine rings is 1. The van der Waals surface area contributed by atoms with E-state index in [2.05, 4.69) is 28.0 Å². The fourth-order valence-electron chi connectivity index (χ4n) is 5.28. The summed E-state index contributed by atoms with van der Waals surface area (Å²) in [5, 5.41) is 9.87. The highest BCUT2D eigenvalue weighted by atomic mass is 32.2. The summed E-state index contributed by atoms with van der Waals surface area (Å²) >= 11 is 6.73. The topological polar surface area (TPSA) is 72.6 Å². The molecule has 0 aliphatic carbocycles. The number of carbonyl (C=O) groups is 1. The minimum Gasteiger partial charge on any atom is -0.355 e. The molecule has 2 fully saturated rings. The average Bonchev–Trinajstić information content (AvgIpc) is 3.24. The number of pyridine rings is 1. The summed E-state index contributed by atoms with van der Waals surface area (Å²) in [6.07, 6.45) is 1.78. The molecule has 0 spiro atoms. The van der Waals surface area contributed by atoms with Gasteiger partial charge in [0.25, 0.3) is 11.5 Å². The first-order valence-electron chi connectivity index (χ1n) is 13.5. The molecule has 0 saturated carbocycles. The number of hydrogen-bond acceptors (Lipinski definition) is 7. The van der Waals surface area contributed by atoms with Crippen molar-refractivity contribution in [1.29, 1.82) is 5.26 Å². The second-order valence-electron chi connectivity index (χ2n) is 10.0. The van der Waals surface area contributed by atoms with Crippen LogP contribution in [0.25, 0.3) is 6.08 Å². The van der Waals surface area contributed by atoms with Crippen LogP contribution in [0.3, 0.4) is 0 Å². The number of aromatic nitrogens is 1. The Bertz CT molecular complexity index is 1600. The van der Waals surface area contributed by atoms with E-state index in [0.717, 1.165) is 31.0 Å². The maximum atomic E-state index is 13.5. The predicted octanol–water partition coefficient (Wildman–Crippen LogP) is 4.91. The number of carbonyl (C=O) groups excluding carboxylic acids is 1. The summed E-state index contributed by atoms with van der Waals surface area (Å²) in [6, 6.07) is 18.4. The van der Waals surface area contributed by atoms with Gasteiger partial charge in [0, 0.05) is 44.8 Å². The third kappa shape index (κ3) is 5.98. The van der Waals surface area contributed by atoms with Crippen LogP contribution in [-0.4, -0.2) is 50.8 Å². The number of thioether (sulfide) groups is 1. The lowest BCUT2D eigenvalue weighted by Gasteiger charge is -2.38. The van der Waals surface area contributed by atoms with Gasteiger partial charge in [0.05, 0.1) is 11.4 Å². The first-order chi connectivity index (χ1) is 19.8. The summed E-state index contributed by atoms with van der Waals surface area (Å²) < 4.78 is 15.4. The molecule has 5 rings (SSSR count). The lowest BCUT2D eigenvalue weighted by atomic mass is 10.0. The Labute approximate surface area is 248 Å². The van der Waals surface area contributed by atoms with Crippen molar-refractivity contribution < 1.29 is 9.18 Å². The van der Waals surface area contributed by atoms with Gasteiger partial charge >= 0.3 is 0 Å². The first-order valence-corrected chi connectivity index (χ1v) is 14.7. The summed E-state index contributed by atoms with van der Waals surface area (Å²) in [5.74, 6) is 0.120. The molecule has 7 nitrogen and oxygen atoms in total. The van der Waals surface area contributed by atoms with Crippen LogP contribution in [0.15, 0.2) is 64.3 Å². The Morgan fingerprint density at radius 2 is 1.66 bits per heavy atom. The Morgan fingerprint density at radius 1 is 1.00 bits per heavy atom. The quantitative estimate of drug-likeness (QED) is 0.287. The van der Waals surface area contributed by atoms with E-state index in [-0.39, 0.29) is 29.4 Å². The van der Waals surface area contributed by atoms with Crippen molar-refractivity contribution in [3.05, 3.63) is 103 Å². The summed E-state index contributed by atoms with van der Waals surface area (Å²) in [7, 11) is 0. The van der Waals surface area contributed by atoms with Crippen molar-refractivity contribution in [1.82, 2.24) is 14.4 Å². The predicted molar refractivity (Wildman–Crippen MR) is 165 cm³/mol. The Hall–Kier alpha value is -3.78. The van der Waals surface area contributed by atoms with Gasteiger partial charge in [-0.15, -0.1) is 0 Å². The zero-order valence-electron chi connectivity index (χ0n) is 23.0. The number of amides is 1. The molecule has 0 atom stereocenters. The van der Waals surface area contributed by atoms with Crippen molar-refractivity contribution in [3.63, 3.8) is 0 Å². The summed E-state index contributed by atoms with van der Waals surface area (Å²) in [5.41, 5.74) is 3.00. The summed E-state index contributed by atoms with van der Waals surface area (Å²) in [4.78, 5) is 33.4. The fourth-order valence-corrected chi connectivity index (χ4v) is 6.51. The normalized spacial score (nSPS) is 17.0. The molecule has 2 aliphatic heterocycles. The van der Waals surface area contributed by atoms with Crippen LogP contribution in [0.1, 0.15) is 34.7 Å². The number of halogens is 1. The second-order valence-corrected chi connectivity index (χ2v) is 11.7. The molecule has 210 valence electrons. The van der Waals surface area contributed by atoms with Crippen LogP contribution in [0.2, 0.25) is 0 Å². The molecule has 3 heterocycles. The molecular weight excluding hydrogens is 558 g/mol. The van der Waals surface area contributed by atoms with Crippen LogP contribution < -0.4 is 10.5 Å². The third-order valence-corrected chi connectivity index (χ3v) is 8.86. The Kier molecular flexibility index (Phi) is 8.68. The zero-order chi connectivity index (χ0) is 29.1. The standard InChI is InChI=1S/C31H30FN5O2S2/c1-3-36-28(35-15-13-34(14-16-35)19-22-7-5-4-6-8-22)25(21(2)26(18-33)29(36)38)17-27-30(39)37(31(40)41-27)20-23-9-11-24(32)12-10-23/h4-12,17H,3,13-16,19-20H2,1-2H3. The maximum absolute atomic E-state index is 13.5. The number of hydrogen-bond donors (Lipinski definition) is 0. The van der Waals surface area contributed by atoms with E-state index in [9.17, 15) is 19.2 Å². The lowest BCUT2D eigenvalue weighted by molar-refractivity contribution is -0.122. The highest BCUT2D eigenvalue weighted by Crippen LogP contribution is 2.37. The molecule has 1 aromatic heterocycles. The summed E-state index contributed by atoms with van der Waals surface area (Å²) in [6.45, 7) is 8.14. The van der Waals surface area contributed by atoms with E-state index >= 15 is 0 Å². The van der Waals surface area contributed by atoms with E-state index in [4.69, 9.17) is 12.2 Å². The first kappa shape index (κ1) is 28.7. The van der Waals surface area contributed by atoms with Crippen molar-refractivity contribution in [2.24, 2.45) is 0 Å². The van der Waals surface area contributed by atoms with Crippen molar-refractivity contribution in [2.45, 2.75) is 33.5 Å². The minimum atomic E-state index is -0.345. The molecule has 2 aromatic carbocycles. The largest absolute Gasteiger partial charge is 0.355 e. The number of benzene rings is 2. The molecule has 0 N–H and O–H groups in total. The van der Waals surface area contributed by atoms with Gasteiger partial charge < -0.3 is 4.90 Å². The maximum Gasteiger partial charge on any atom is 0.270 e. The van der Waals surface area contributed by atoms with Gasteiger partial charge in [-0.05, 0) is 48.7 Å². The zero-order valence-corrected chi connectivity index (χ0v) is 24.6. The second kappa shape index (κ2) is 12.4. The molecule has 0 bridgehead atoms. The van der Waals surface area contributed by atoms with Gasteiger partial charge in [-0.2, -0.15) is 5.26 Å². The van der Waals surface area contributed by atoms with E-state index in [0.29, 0.717) is 40.0 Å². The molecular formula is C31H30FN5O2S2. The number of thiocarbonyl (C=S) groups is 1. The monoisotopic (exact) mass is 587 g/mol. The van der Waals surface area contributed by atoms with E-state index in [1.54, 1.807) is 29.7 Å². The van der Waals surface area contributed by atoms with E-state index in [1.165, 1.54) is 34.4 Å². The third-order valence-electron chi connectivity index (χ3n) is 7.49. The van der Waals surface area contributed by atoms with Crippen LogP contribution in [0.4, 0.5) is 10.2 Å². The highest BCUT2D eigenvalue weighted by Gasteiger charge is 2.33. The number of nitriles is 1. The smallest absolute Gasteiger partial charge is 0.270 e.